The van der Waals surface area contributed by atoms with E-state index in [1.807, 2.05) is 25.7 Å². The minimum Gasteiger partial charge on any atom is -0.339 e. The topological polar surface area (TPSA) is 73.0 Å². The fraction of sp³-hybridized carbons (Fsp3) is 0.842. The van der Waals surface area contributed by atoms with Crippen molar-refractivity contribution in [3.8, 4) is 0 Å². The van der Waals surface area contributed by atoms with E-state index in [4.69, 9.17) is 0 Å². The van der Waals surface area contributed by atoms with Crippen molar-refractivity contribution in [1.82, 2.24) is 20.0 Å². The van der Waals surface area contributed by atoms with E-state index in [1.165, 1.54) is 30.6 Å². The molecule has 0 spiro atoms. The Morgan fingerprint density at radius 2 is 1.81 bits per heavy atom. The molecular weight excluding hydrogens is 332 g/mol. The first-order chi connectivity index (χ1) is 12.4. The Hall–Kier alpha value is -1.63. The van der Waals surface area contributed by atoms with Gasteiger partial charge >= 0.3 is 6.03 Å². The summed E-state index contributed by atoms with van der Waals surface area (Å²) in [6.45, 7) is 10.1. The van der Waals surface area contributed by atoms with E-state index in [1.54, 1.807) is 0 Å². The predicted octanol–water partition coefficient (Wildman–Crippen LogP) is 1.82. The molecule has 0 aliphatic carbocycles. The van der Waals surface area contributed by atoms with Gasteiger partial charge in [-0.1, -0.05) is 19.8 Å². The van der Waals surface area contributed by atoms with Crippen molar-refractivity contribution in [1.29, 1.82) is 0 Å². The molecule has 0 aromatic carbocycles. The number of hydrogen-bond donors (Lipinski definition) is 1. The highest BCUT2D eigenvalue weighted by atomic mass is 16.2. The SMILES string of the molecule is CCCN1C(=O)NC(CC(=O)N(CCN2CCCCCC2)C(C)C)C1=O. The molecule has 0 aromatic heterocycles. The molecule has 2 heterocycles. The summed E-state index contributed by atoms with van der Waals surface area (Å²) >= 11 is 0. The molecule has 2 aliphatic heterocycles. The zero-order valence-corrected chi connectivity index (χ0v) is 16.5. The Balaban J connectivity index is 1.89. The van der Waals surface area contributed by atoms with Gasteiger partial charge in [0.1, 0.15) is 6.04 Å². The van der Waals surface area contributed by atoms with Gasteiger partial charge in [0, 0.05) is 25.7 Å². The van der Waals surface area contributed by atoms with Crippen LogP contribution in [0.2, 0.25) is 0 Å². The Bertz CT molecular complexity index is 501. The first-order valence-corrected chi connectivity index (χ1v) is 10.1. The summed E-state index contributed by atoms with van der Waals surface area (Å²) in [6.07, 6.45) is 5.80. The summed E-state index contributed by atoms with van der Waals surface area (Å²) in [5, 5.41) is 2.66. The van der Waals surface area contributed by atoms with Crippen LogP contribution in [0.1, 0.15) is 59.3 Å². The number of hydrogen-bond acceptors (Lipinski definition) is 4. The van der Waals surface area contributed by atoms with Crippen molar-refractivity contribution in [3.05, 3.63) is 0 Å². The molecular formula is C19H34N4O3. The molecule has 7 nitrogen and oxygen atoms in total. The summed E-state index contributed by atoms with van der Waals surface area (Å²) in [4.78, 5) is 42.5. The third-order valence-electron chi connectivity index (χ3n) is 5.23. The van der Waals surface area contributed by atoms with Crippen LogP contribution in [0.25, 0.3) is 0 Å². The van der Waals surface area contributed by atoms with E-state index in [9.17, 15) is 14.4 Å². The lowest BCUT2D eigenvalue weighted by Crippen LogP contribution is -2.45. The standard InChI is InChI=1S/C19H34N4O3/c1-4-9-23-18(25)16(20-19(23)26)14-17(24)22(15(2)3)13-12-21-10-7-5-6-8-11-21/h15-16H,4-14H2,1-3H3,(H,20,26). The smallest absolute Gasteiger partial charge is 0.324 e. The van der Waals surface area contributed by atoms with Gasteiger partial charge in [0.2, 0.25) is 5.91 Å². The molecule has 148 valence electrons. The molecule has 7 heteroatoms. The molecule has 0 aromatic rings. The van der Waals surface area contributed by atoms with Crippen molar-refractivity contribution in [2.45, 2.75) is 71.4 Å². The van der Waals surface area contributed by atoms with E-state index in [0.29, 0.717) is 19.5 Å². The zero-order chi connectivity index (χ0) is 19.1. The summed E-state index contributed by atoms with van der Waals surface area (Å²) in [5.41, 5.74) is 0. The second kappa shape index (κ2) is 9.90. The average molecular weight is 367 g/mol. The van der Waals surface area contributed by atoms with Crippen molar-refractivity contribution < 1.29 is 14.4 Å². The molecule has 2 aliphatic rings. The molecule has 1 atom stereocenters. The lowest BCUT2D eigenvalue weighted by Gasteiger charge is -2.30. The maximum absolute atomic E-state index is 12.8. The van der Waals surface area contributed by atoms with Crippen molar-refractivity contribution in [2.24, 2.45) is 0 Å². The predicted molar refractivity (Wildman–Crippen MR) is 101 cm³/mol. The number of imide groups is 1. The molecule has 4 amide bonds. The van der Waals surface area contributed by atoms with Crippen LogP contribution >= 0.6 is 0 Å². The van der Waals surface area contributed by atoms with Gasteiger partial charge in [0.15, 0.2) is 0 Å². The molecule has 1 unspecified atom stereocenters. The third-order valence-corrected chi connectivity index (χ3v) is 5.23. The lowest BCUT2D eigenvalue weighted by molar-refractivity contribution is -0.137. The van der Waals surface area contributed by atoms with Gasteiger partial charge in [-0.3, -0.25) is 14.5 Å². The van der Waals surface area contributed by atoms with Crippen molar-refractivity contribution in [3.63, 3.8) is 0 Å². The monoisotopic (exact) mass is 366 g/mol. The number of rotatable bonds is 8. The van der Waals surface area contributed by atoms with Crippen molar-refractivity contribution >= 4 is 17.8 Å². The van der Waals surface area contributed by atoms with E-state index in [-0.39, 0.29) is 30.3 Å². The number of likely N-dealkylation sites (tertiary alicyclic amines) is 1. The molecule has 1 N–H and O–H groups in total. The van der Waals surface area contributed by atoms with Gasteiger partial charge in [-0.2, -0.15) is 0 Å². The number of amides is 4. The highest BCUT2D eigenvalue weighted by Crippen LogP contribution is 2.14. The van der Waals surface area contributed by atoms with E-state index >= 15 is 0 Å². The Morgan fingerprint density at radius 1 is 1.15 bits per heavy atom. The molecule has 2 saturated heterocycles. The van der Waals surface area contributed by atoms with Crippen molar-refractivity contribution in [2.75, 3.05) is 32.7 Å². The Morgan fingerprint density at radius 3 is 2.38 bits per heavy atom. The number of nitrogens with zero attached hydrogens (tertiary/aromatic N) is 3. The van der Waals surface area contributed by atoms with E-state index in [0.717, 1.165) is 19.6 Å². The van der Waals surface area contributed by atoms with Crippen LogP contribution in [0.15, 0.2) is 0 Å². The number of carbonyl (C=O) groups is 3. The number of carbonyl (C=O) groups excluding carboxylic acids is 3. The van der Waals surface area contributed by atoms with E-state index < -0.39 is 6.04 Å². The summed E-state index contributed by atoms with van der Waals surface area (Å²) in [7, 11) is 0. The maximum Gasteiger partial charge on any atom is 0.324 e. The van der Waals surface area contributed by atoms with Gasteiger partial charge in [-0.15, -0.1) is 0 Å². The van der Waals surface area contributed by atoms with Gasteiger partial charge in [-0.05, 0) is 46.2 Å². The zero-order valence-electron chi connectivity index (χ0n) is 16.5. The van der Waals surface area contributed by atoms with Crippen LogP contribution < -0.4 is 5.32 Å². The summed E-state index contributed by atoms with van der Waals surface area (Å²) < 4.78 is 0. The Kier molecular flexibility index (Phi) is 7.87. The van der Waals surface area contributed by atoms with Crippen LogP contribution in [0.4, 0.5) is 4.79 Å². The molecule has 0 bridgehead atoms. The molecule has 26 heavy (non-hydrogen) atoms. The second-order valence-electron chi connectivity index (χ2n) is 7.63. The second-order valence-corrected chi connectivity index (χ2v) is 7.63. The molecule has 0 saturated carbocycles. The average Bonchev–Trinajstić information content (AvgIpc) is 2.78. The first kappa shape index (κ1) is 20.7. The minimum absolute atomic E-state index is 0.0446. The Labute approximate surface area is 157 Å². The van der Waals surface area contributed by atoms with Gasteiger partial charge in [0.25, 0.3) is 5.91 Å². The fourth-order valence-electron chi connectivity index (χ4n) is 3.72. The highest BCUT2D eigenvalue weighted by molar-refractivity contribution is 6.05. The number of nitrogens with one attached hydrogen (secondary N) is 1. The number of urea groups is 1. The van der Waals surface area contributed by atoms with Gasteiger partial charge in [0.05, 0.1) is 6.42 Å². The van der Waals surface area contributed by atoms with Gasteiger partial charge in [-0.25, -0.2) is 4.79 Å². The molecule has 0 radical (unpaired) electrons. The molecule has 2 rings (SSSR count). The first-order valence-electron chi connectivity index (χ1n) is 10.1. The van der Waals surface area contributed by atoms with Gasteiger partial charge < -0.3 is 15.1 Å². The van der Waals surface area contributed by atoms with E-state index in [2.05, 4.69) is 10.2 Å². The largest absolute Gasteiger partial charge is 0.339 e. The normalized spacial score (nSPS) is 21.8. The fourth-order valence-corrected chi connectivity index (χ4v) is 3.72. The van der Waals surface area contributed by atoms with Crippen LogP contribution in [-0.2, 0) is 9.59 Å². The van der Waals surface area contributed by atoms with Crippen LogP contribution in [-0.4, -0.2) is 77.4 Å². The van der Waals surface area contributed by atoms with Crippen LogP contribution in [0.3, 0.4) is 0 Å². The third kappa shape index (κ3) is 5.43. The highest BCUT2D eigenvalue weighted by Gasteiger charge is 2.39. The van der Waals surface area contributed by atoms with Crippen LogP contribution in [0.5, 0.6) is 0 Å². The minimum atomic E-state index is -0.721. The maximum atomic E-state index is 12.8. The van der Waals surface area contributed by atoms with Crippen LogP contribution in [0, 0.1) is 0 Å². The lowest BCUT2D eigenvalue weighted by atomic mass is 10.1. The summed E-state index contributed by atoms with van der Waals surface area (Å²) in [6, 6.07) is -1.02. The summed E-state index contributed by atoms with van der Waals surface area (Å²) in [5.74, 6) is -0.340. The quantitative estimate of drug-likeness (QED) is 0.665. The molecule has 2 fully saturated rings.